The molecule has 2 rings (SSSR count). The molecule has 0 atom stereocenters. The Morgan fingerprint density at radius 1 is 1.24 bits per heavy atom. The third kappa shape index (κ3) is 2.26. The van der Waals surface area contributed by atoms with E-state index < -0.39 is 11.8 Å². The maximum Gasteiger partial charge on any atom is 0.266 e. The number of thioether (sulfide) groups is 1. The molecule has 2 amide bonds. The largest absolute Gasteiger partial charge is 0.369 e. The van der Waals surface area contributed by atoms with E-state index >= 15 is 0 Å². The topological polar surface area (TPSA) is 102 Å². The van der Waals surface area contributed by atoms with Gasteiger partial charge in [-0.1, -0.05) is 18.2 Å². The van der Waals surface area contributed by atoms with Gasteiger partial charge in [-0.25, -0.2) is 0 Å². The molecule has 5 nitrogen and oxygen atoms in total. The molecule has 1 aromatic carbocycles. The smallest absolute Gasteiger partial charge is 0.266 e. The van der Waals surface area contributed by atoms with Gasteiger partial charge in [-0.15, -0.1) is 11.8 Å². The molecule has 0 saturated heterocycles. The zero-order valence-corrected chi connectivity index (χ0v) is 9.71. The van der Waals surface area contributed by atoms with Crippen molar-refractivity contribution in [3.8, 4) is 0 Å². The van der Waals surface area contributed by atoms with Crippen LogP contribution in [0.3, 0.4) is 0 Å². The molecule has 1 aromatic heterocycles. The Bertz CT molecular complexity index is 591. The summed E-state index contributed by atoms with van der Waals surface area (Å²) < 4.78 is 0. The molecule has 0 saturated carbocycles. The van der Waals surface area contributed by atoms with Gasteiger partial charge in [0, 0.05) is 15.8 Å². The van der Waals surface area contributed by atoms with Gasteiger partial charge in [-0.3, -0.25) is 9.59 Å². The van der Waals surface area contributed by atoms with E-state index in [-0.39, 0.29) is 5.75 Å². The molecule has 0 aliphatic carbocycles. The van der Waals surface area contributed by atoms with Crippen molar-refractivity contribution in [1.29, 1.82) is 0 Å². The highest BCUT2D eigenvalue weighted by Gasteiger charge is 2.16. The second kappa shape index (κ2) is 4.50. The average molecular weight is 249 g/mol. The third-order valence-electron chi connectivity index (χ3n) is 2.26. The number of hydrogen-bond donors (Lipinski definition) is 3. The molecule has 0 fully saturated rings. The first kappa shape index (κ1) is 11.5. The lowest BCUT2D eigenvalue weighted by molar-refractivity contribution is -0.115. The number of hydrogen-bond acceptors (Lipinski definition) is 3. The van der Waals surface area contributed by atoms with Crippen LogP contribution in [0.1, 0.15) is 10.5 Å². The quantitative estimate of drug-likeness (QED) is 0.700. The molecule has 0 radical (unpaired) electrons. The summed E-state index contributed by atoms with van der Waals surface area (Å²) in [7, 11) is 0. The molecule has 2 aromatic rings. The highest BCUT2D eigenvalue weighted by molar-refractivity contribution is 8.00. The minimum Gasteiger partial charge on any atom is -0.369 e. The Labute approximate surface area is 102 Å². The van der Waals surface area contributed by atoms with Crippen molar-refractivity contribution >= 4 is 34.5 Å². The summed E-state index contributed by atoms with van der Waals surface area (Å²) >= 11 is 1.21. The van der Waals surface area contributed by atoms with Crippen LogP contribution in [0.15, 0.2) is 29.2 Å². The molecular formula is C11H11N3O2S. The van der Waals surface area contributed by atoms with Crippen LogP contribution in [0.4, 0.5) is 0 Å². The lowest BCUT2D eigenvalue weighted by atomic mass is 10.2. The van der Waals surface area contributed by atoms with E-state index in [4.69, 9.17) is 11.5 Å². The van der Waals surface area contributed by atoms with Crippen LogP contribution in [-0.4, -0.2) is 22.6 Å². The van der Waals surface area contributed by atoms with E-state index in [0.29, 0.717) is 10.6 Å². The Kier molecular flexibility index (Phi) is 3.06. The number of aromatic nitrogens is 1. The number of nitrogens with two attached hydrogens (primary N) is 2. The number of H-pyrrole nitrogens is 1. The van der Waals surface area contributed by atoms with Crippen LogP contribution in [0.25, 0.3) is 10.9 Å². The molecular weight excluding hydrogens is 238 g/mol. The number of nitrogens with one attached hydrogen (secondary N) is 1. The minimum atomic E-state index is -0.548. The average Bonchev–Trinajstić information content (AvgIpc) is 2.65. The van der Waals surface area contributed by atoms with Gasteiger partial charge < -0.3 is 16.5 Å². The number of carbonyl (C=O) groups is 2. The standard InChI is InChI=1S/C11H11N3O2S/c12-8(15)5-17-10-6-3-1-2-4-7(6)14-9(10)11(13)16/h1-4,14H,5H2,(H2,12,15)(H2,13,16). The number of rotatable bonds is 4. The van der Waals surface area contributed by atoms with Gasteiger partial charge in [0.2, 0.25) is 5.91 Å². The molecule has 88 valence electrons. The molecule has 0 unspecified atom stereocenters. The molecule has 0 aliphatic heterocycles. The number of fused-ring (bicyclic) bond motifs is 1. The van der Waals surface area contributed by atoms with Gasteiger partial charge >= 0.3 is 0 Å². The first-order valence-corrected chi connectivity index (χ1v) is 5.89. The van der Waals surface area contributed by atoms with Gasteiger partial charge in [0.05, 0.1) is 5.75 Å². The third-order valence-corrected chi connectivity index (χ3v) is 3.41. The highest BCUT2D eigenvalue weighted by atomic mass is 32.2. The Balaban J connectivity index is 2.51. The van der Waals surface area contributed by atoms with Gasteiger partial charge in [0.25, 0.3) is 5.91 Å². The van der Waals surface area contributed by atoms with E-state index in [2.05, 4.69) is 4.98 Å². The zero-order valence-electron chi connectivity index (χ0n) is 8.90. The summed E-state index contributed by atoms with van der Waals surface area (Å²) in [5.41, 5.74) is 11.5. The molecule has 1 heterocycles. The number of amides is 2. The fourth-order valence-electron chi connectivity index (χ4n) is 1.58. The van der Waals surface area contributed by atoms with Crippen molar-refractivity contribution in [2.24, 2.45) is 11.5 Å². The highest BCUT2D eigenvalue weighted by Crippen LogP contribution is 2.31. The number of carbonyl (C=O) groups excluding carboxylic acids is 2. The maximum absolute atomic E-state index is 11.3. The molecule has 17 heavy (non-hydrogen) atoms. The van der Waals surface area contributed by atoms with Crippen molar-refractivity contribution < 1.29 is 9.59 Å². The van der Waals surface area contributed by atoms with E-state index in [9.17, 15) is 9.59 Å². The molecule has 0 bridgehead atoms. The van der Waals surface area contributed by atoms with Crippen molar-refractivity contribution in [2.75, 3.05) is 5.75 Å². The summed E-state index contributed by atoms with van der Waals surface area (Å²) in [4.78, 5) is 25.7. The van der Waals surface area contributed by atoms with Crippen LogP contribution < -0.4 is 11.5 Å². The summed E-state index contributed by atoms with van der Waals surface area (Å²) in [5.74, 6) is -0.869. The first-order valence-electron chi connectivity index (χ1n) is 4.91. The SMILES string of the molecule is NC(=O)CSc1c(C(N)=O)[nH]c2ccccc12. The Morgan fingerprint density at radius 3 is 2.59 bits per heavy atom. The molecule has 5 N–H and O–H groups in total. The first-order chi connectivity index (χ1) is 8.09. The number of primary amides is 2. The molecule has 6 heteroatoms. The van der Waals surface area contributed by atoms with Crippen LogP contribution >= 0.6 is 11.8 Å². The fourth-order valence-corrected chi connectivity index (χ4v) is 2.50. The second-order valence-electron chi connectivity index (χ2n) is 3.49. The van der Waals surface area contributed by atoms with Crippen LogP contribution in [0.2, 0.25) is 0 Å². The van der Waals surface area contributed by atoms with E-state index in [1.807, 2.05) is 24.3 Å². The van der Waals surface area contributed by atoms with Gasteiger partial charge in [-0.2, -0.15) is 0 Å². The summed E-state index contributed by atoms with van der Waals surface area (Å²) in [5, 5.41) is 0.868. The van der Waals surface area contributed by atoms with Crippen molar-refractivity contribution in [1.82, 2.24) is 4.98 Å². The fraction of sp³-hybridized carbons (Fsp3) is 0.0909. The van der Waals surface area contributed by atoms with Crippen molar-refractivity contribution in [3.05, 3.63) is 30.0 Å². The minimum absolute atomic E-state index is 0.113. The normalized spacial score (nSPS) is 10.6. The van der Waals surface area contributed by atoms with E-state index in [1.54, 1.807) is 0 Å². The van der Waals surface area contributed by atoms with Crippen molar-refractivity contribution in [2.45, 2.75) is 4.90 Å². The summed E-state index contributed by atoms with van der Waals surface area (Å²) in [6.45, 7) is 0. The summed E-state index contributed by atoms with van der Waals surface area (Å²) in [6.07, 6.45) is 0. The van der Waals surface area contributed by atoms with Crippen LogP contribution in [0.5, 0.6) is 0 Å². The lowest BCUT2D eigenvalue weighted by Gasteiger charge is -1.99. The van der Waals surface area contributed by atoms with E-state index in [0.717, 1.165) is 10.9 Å². The lowest BCUT2D eigenvalue weighted by Crippen LogP contribution is -2.15. The van der Waals surface area contributed by atoms with E-state index in [1.165, 1.54) is 11.8 Å². The van der Waals surface area contributed by atoms with Crippen LogP contribution in [0, 0.1) is 0 Å². The predicted octanol–water partition coefficient (Wildman–Crippen LogP) is 0.844. The monoisotopic (exact) mass is 249 g/mol. The maximum atomic E-state index is 11.3. The summed E-state index contributed by atoms with van der Waals surface area (Å²) in [6, 6.07) is 7.42. The number of aromatic amines is 1. The Morgan fingerprint density at radius 2 is 1.94 bits per heavy atom. The van der Waals surface area contributed by atoms with Gasteiger partial charge in [0.1, 0.15) is 5.69 Å². The van der Waals surface area contributed by atoms with Crippen molar-refractivity contribution in [3.63, 3.8) is 0 Å². The number of para-hydroxylation sites is 1. The van der Waals surface area contributed by atoms with Crippen LogP contribution in [-0.2, 0) is 4.79 Å². The predicted molar refractivity (Wildman–Crippen MR) is 66.7 cm³/mol. The van der Waals surface area contributed by atoms with Gasteiger partial charge in [-0.05, 0) is 6.07 Å². The molecule has 0 aliphatic rings. The molecule has 0 spiro atoms. The number of benzene rings is 1. The second-order valence-corrected chi connectivity index (χ2v) is 4.48. The van der Waals surface area contributed by atoms with Gasteiger partial charge in [0.15, 0.2) is 0 Å². The Hall–Kier alpha value is -1.95. The zero-order chi connectivity index (χ0) is 12.4.